The molecule has 0 unspecified atom stereocenters. The highest BCUT2D eigenvalue weighted by atomic mass is 35.5. The minimum atomic E-state index is -0.365. The summed E-state index contributed by atoms with van der Waals surface area (Å²) in [5.74, 6) is -0.0933. The Kier molecular flexibility index (Phi) is 4.65. The summed E-state index contributed by atoms with van der Waals surface area (Å²) in [6, 6.07) is 7.11. The predicted octanol–water partition coefficient (Wildman–Crippen LogP) is 2.98. The number of aromatic nitrogens is 2. The summed E-state index contributed by atoms with van der Waals surface area (Å²) in [5.41, 5.74) is 6.93. The van der Waals surface area contributed by atoms with Gasteiger partial charge in [-0.1, -0.05) is 11.6 Å². The van der Waals surface area contributed by atoms with E-state index in [-0.39, 0.29) is 11.4 Å². The number of nitrogens with one attached hydrogen (secondary N) is 1. The molecule has 0 fully saturated rings. The van der Waals surface area contributed by atoms with E-state index in [9.17, 15) is 4.79 Å². The second kappa shape index (κ2) is 6.28. The van der Waals surface area contributed by atoms with E-state index in [1.807, 2.05) is 32.2 Å². The molecule has 2 aromatic rings. The Morgan fingerprint density at radius 3 is 2.86 bits per heavy atom. The fourth-order valence-corrected chi connectivity index (χ4v) is 2.04. The van der Waals surface area contributed by atoms with Crippen LogP contribution in [0.25, 0.3) is 5.69 Å². The molecule has 112 valence electrons. The number of benzene rings is 1. The van der Waals surface area contributed by atoms with Crippen LogP contribution in [-0.4, -0.2) is 21.2 Å². The molecule has 1 heterocycles. The molecule has 0 spiro atoms. The van der Waals surface area contributed by atoms with Crippen molar-refractivity contribution in [2.75, 3.05) is 5.32 Å². The third-order valence-electron chi connectivity index (χ3n) is 2.98. The normalized spacial score (nSPS) is 11.4. The fourth-order valence-electron chi connectivity index (χ4n) is 1.87. The van der Waals surface area contributed by atoms with Gasteiger partial charge in [0.15, 0.2) is 0 Å². The van der Waals surface area contributed by atoms with Crippen LogP contribution in [0.3, 0.4) is 0 Å². The zero-order valence-corrected chi connectivity index (χ0v) is 12.9. The van der Waals surface area contributed by atoms with Gasteiger partial charge < -0.3 is 11.1 Å². The van der Waals surface area contributed by atoms with E-state index in [1.54, 1.807) is 23.0 Å². The maximum absolute atomic E-state index is 12.1. The Morgan fingerprint density at radius 2 is 2.24 bits per heavy atom. The lowest BCUT2D eigenvalue weighted by atomic mass is 10.00. The molecule has 21 heavy (non-hydrogen) atoms. The number of hydrogen-bond acceptors (Lipinski definition) is 3. The van der Waals surface area contributed by atoms with Gasteiger partial charge in [-0.3, -0.25) is 4.79 Å². The SMILES string of the molecule is CC(C)(N)CCC(=O)Nc1cc(Cl)ccc1-n1cccn1. The number of anilines is 1. The molecule has 0 saturated carbocycles. The summed E-state index contributed by atoms with van der Waals surface area (Å²) in [4.78, 5) is 12.1. The van der Waals surface area contributed by atoms with Gasteiger partial charge in [0.05, 0.1) is 11.4 Å². The Labute approximate surface area is 129 Å². The average molecular weight is 307 g/mol. The van der Waals surface area contributed by atoms with Crippen molar-refractivity contribution in [1.29, 1.82) is 0 Å². The molecular formula is C15H19ClN4O. The fraction of sp³-hybridized carbons (Fsp3) is 0.333. The largest absolute Gasteiger partial charge is 0.326 e. The second-order valence-electron chi connectivity index (χ2n) is 5.65. The topological polar surface area (TPSA) is 72.9 Å². The molecule has 1 aromatic carbocycles. The van der Waals surface area contributed by atoms with E-state index in [2.05, 4.69) is 10.4 Å². The van der Waals surface area contributed by atoms with Crippen molar-refractivity contribution in [3.8, 4) is 5.69 Å². The zero-order valence-electron chi connectivity index (χ0n) is 12.1. The number of hydrogen-bond donors (Lipinski definition) is 2. The van der Waals surface area contributed by atoms with Crippen LogP contribution in [0.2, 0.25) is 5.02 Å². The number of amides is 1. The molecule has 1 aromatic heterocycles. The van der Waals surface area contributed by atoms with Gasteiger partial charge in [-0.25, -0.2) is 4.68 Å². The van der Waals surface area contributed by atoms with Gasteiger partial charge in [0.1, 0.15) is 0 Å². The summed E-state index contributed by atoms with van der Waals surface area (Å²) in [6.45, 7) is 3.80. The van der Waals surface area contributed by atoms with E-state index in [0.29, 0.717) is 23.6 Å². The molecule has 0 aliphatic carbocycles. The Balaban J connectivity index is 2.16. The Bertz CT molecular complexity index is 617. The number of nitrogens with two attached hydrogens (primary N) is 1. The maximum Gasteiger partial charge on any atom is 0.224 e. The van der Waals surface area contributed by atoms with Crippen LogP contribution in [0.15, 0.2) is 36.7 Å². The summed E-state index contributed by atoms with van der Waals surface area (Å²) < 4.78 is 1.68. The van der Waals surface area contributed by atoms with Gasteiger partial charge in [0.2, 0.25) is 5.91 Å². The van der Waals surface area contributed by atoms with Crippen molar-refractivity contribution >= 4 is 23.2 Å². The van der Waals surface area contributed by atoms with Gasteiger partial charge in [0.25, 0.3) is 0 Å². The van der Waals surface area contributed by atoms with Crippen molar-refractivity contribution in [3.63, 3.8) is 0 Å². The number of nitrogens with zero attached hydrogens (tertiary/aromatic N) is 2. The highest BCUT2D eigenvalue weighted by Gasteiger charge is 2.15. The van der Waals surface area contributed by atoms with Gasteiger partial charge in [0, 0.05) is 29.4 Å². The lowest BCUT2D eigenvalue weighted by molar-refractivity contribution is -0.116. The first kappa shape index (κ1) is 15.5. The molecule has 1 amide bonds. The lowest BCUT2D eigenvalue weighted by Gasteiger charge is -2.18. The highest BCUT2D eigenvalue weighted by Crippen LogP contribution is 2.24. The molecule has 6 heteroatoms. The summed E-state index contributed by atoms with van der Waals surface area (Å²) in [7, 11) is 0. The minimum Gasteiger partial charge on any atom is -0.326 e. The standard InChI is InChI=1S/C15H19ClN4O/c1-15(2,17)7-6-14(21)19-12-10-11(16)4-5-13(12)20-9-3-8-18-20/h3-5,8-10H,6-7,17H2,1-2H3,(H,19,21). The Morgan fingerprint density at radius 1 is 1.48 bits per heavy atom. The monoisotopic (exact) mass is 306 g/mol. The predicted molar refractivity (Wildman–Crippen MR) is 84.7 cm³/mol. The minimum absolute atomic E-state index is 0.0933. The molecule has 5 nitrogen and oxygen atoms in total. The van der Waals surface area contributed by atoms with Crippen molar-refractivity contribution in [1.82, 2.24) is 9.78 Å². The number of carbonyl (C=O) groups is 1. The first-order valence-corrected chi connectivity index (χ1v) is 7.11. The Hall–Kier alpha value is -1.85. The van der Waals surface area contributed by atoms with E-state index < -0.39 is 0 Å². The lowest BCUT2D eigenvalue weighted by Crippen LogP contribution is -2.33. The van der Waals surface area contributed by atoms with E-state index in [0.717, 1.165) is 5.69 Å². The molecule has 0 aliphatic rings. The van der Waals surface area contributed by atoms with Crippen LogP contribution in [-0.2, 0) is 4.79 Å². The molecule has 0 aliphatic heterocycles. The number of rotatable bonds is 5. The molecule has 3 N–H and O–H groups in total. The first-order valence-electron chi connectivity index (χ1n) is 6.73. The summed E-state index contributed by atoms with van der Waals surface area (Å²) >= 11 is 6.01. The summed E-state index contributed by atoms with van der Waals surface area (Å²) in [6.07, 6.45) is 4.45. The average Bonchev–Trinajstić information content (AvgIpc) is 2.89. The van der Waals surface area contributed by atoms with Crippen LogP contribution in [0.1, 0.15) is 26.7 Å². The second-order valence-corrected chi connectivity index (χ2v) is 6.09. The molecule has 0 bridgehead atoms. The van der Waals surface area contributed by atoms with Gasteiger partial charge >= 0.3 is 0 Å². The zero-order chi connectivity index (χ0) is 15.5. The van der Waals surface area contributed by atoms with Gasteiger partial charge in [-0.2, -0.15) is 5.10 Å². The molecular weight excluding hydrogens is 288 g/mol. The van der Waals surface area contributed by atoms with E-state index in [4.69, 9.17) is 17.3 Å². The quantitative estimate of drug-likeness (QED) is 0.892. The van der Waals surface area contributed by atoms with Gasteiger partial charge in [-0.15, -0.1) is 0 Å². The molecule has 2 rings (SSSR count). The van der Waals surface area contributed by atoms with Crippen LogP contribution in [0, 0.1) is 0 Å². The van der Waals surface area contributed by atoms with Crippen molar-refractivity contribution in [3.05, 3.63) is 41.7 Å². The van der Waals surface area contributed by atoms with Crippen LogP contribution in [0.5, 0.6) is 0 Å². The van der Waals surface area contributed by atoms with Crippen molar-refractivity contribution in [2.24, 2.45) is 5.73 Å². The molecule has 0 saturated heterocycles. The first-order chi connectivity index (χ1) is 9.85. The van der Waals surface area contributed by atoms with Gasteiger partial charge in [-0.05, 0) is 44.5 Å². The smallest absolute Gasteiger partial charge is 0.224 e. The van der Waals surface area contributed by atoms with E-state index in [1.165, 1.54) is 0 Å². The maximum atomic E-state index is 12.1. The summed E-state index contributed by atoms with van der Waals surface area (Å²) in [5, 5.41) is 7.60. The number of halogens is 1. The van der Waals surface area contributed by atoms with E-state index >= 15 is 0 Å². The highest BCUT2D eigenvalue weighted by molar-refractivity contribution is 6.31. The number of carbonyl (C=O) groups excluding carboxylic acids is 1. The van der Waals surface area contributed by atoms with Crippen molar-refractivity contribution in [2.45, 2.75) is 32.2 Å². The van der Waals surface area contributed by atoms with Crippen LogP contribution >= 0.6 is 11.6 Å². The molecule has 0 atom stereocenters. The third kappa shape index (κ3) is 4.58. The van der Waals surface area contributed by atoms with Crippen LogP contribution in [0.4, 0.5) is 5.69 Å². The molecule has 0 radical (unpaired) electrons. The van der Waals surface area contributed by atoms with Crippen LogP contribution < -0.4 is 11.1 Å². The van der Waals surface area contributed by atoms with Crippen molar-refractivity contribution < 1.29 is 4.79 Å². The third-order valence-corrected chi connectivity index (χ3v) is 3.22.